The minimum atomic E-state index is -0.862. The molecule has 0 aromatic heterocycles. The van der Waals surface area contributed by atoms with Gasteiger partial charge in [-0.3, -0.25) is 14.5 Å². The minimum absolute atomic E-state index is 0.0637. The molecule has 1 atom stereocenters. The Morgan fingerprint density at radius 2 is 1.76 bits per heavy atom. The first-order chi connectivity index (χ1) is 9.77. The van der Waals surface area contributed by atoms with Gasteiger partial charge in [0.2, 0.25) is 5.91 Å². The highest BCUT2D eigenvalue weighted by atomic mass is 16.2. The third-order valence-corrected chi connectivity index (χ3v) is 4.03. The van der Waals surface area contributed by atoms with Gasteiger partial charge in [0.15, 0.2) is 0 Å². The molecule has 1 saturated heterocycles. The maximum absolute atomic E-state index is 12.7. The summed E-state index contributed by atoms with van der Waals surface area (Å²) in [6.07, 6.45) is 0.597. The molecule has 0 spiro atoms. The van der Waals surface area contributed by atoms with E-state index in [0.717, 1.165) is 5.69 Å². The van der Waals surface area contributed by atoms with E-state index in [1.54, 1.807) is 18.7 Å². The number of carbonyl (C=O) groups is 2. The highest BCUT2D eigenvalue weighted by Crippen LogP contribution is 2.28. The van der Waals surface area contributed by atoms with E-state index in [4.69, 9.17) is 0 Å². The van der Waals surface area contributed by atoms with E-state index in [1.807, 2.05) is 31.2 Å². The summed E-state index contributed by atoms with van der Waals surface area (Å²) in [6.45, 7) is 9.67. The molecule has 1 aliphatic rings. The van der Waals surface area contributed by atoms with E-state index in [-0.39, 0.29) is 11.8 Å². The average molecular weight is 288 g/mol. The Morgan fingerprint density at radius 3 is 2.24 bits per heavy atom. The van der Waals surface area contributed by atoms with Crippen LogP contribution >= 0.6 is 0 Å². The second kappa shape index (κ2) is 5.51. The smallest absolute Gasteiger partial charge is 0.252 e. The quantitative estimate of drug-likeness (QED) is 0.929. The molecule has 21 heavy (non-hydrogen) atoms. The number of piperazine rings is 1. The van der Waals surface area contributed by atoms with Crippen LogP contribution < -0.4 is 10.2 Å². The van der Waals surface area contributed by atoms with Crippen molar-refractivity contribution in [3.05, 3.63) is 29.8 Å². The minimum Gasteiger partial charge on any atom is -0.340 e. The van der Waals surface area contributed by atoms with E-state index >= 15 is 0 Å². The number of carbonyl (C=O) groups excluding carboxylic acids is 2. The van der Waals surface area contributed by atoms with E-state index in [9.17, 15) is 9.59 Å². The van der Waals surface area contributed by atoms with Gasteiger partial charge in [0.05, 0.1) is 0 Å². The van der Waals surface area contributed by atoms with Crippen molar-refractivity contribution in [2.75, 3.05) is 4.90 Å². The van der Waals surface area contributed by atoms with Crippen molar-refractivity contribution in [3.63, 3.8) is 0 Å². The molecule has 0 saturated carbocycles. The van der Waals surface area contributed by atoms with Gasteiger partial charge in [-0.1, -0.05) is 32.9 Å². The number of nitrogens with one attached hydrogen (secondary N) is 1. The Hall–Kier alpha value is -1.84. The second-order valence-electron chi connectivity index (χ2n) is 6.46. The van der Waals surface area contributed by atoms with Crippen molar-refractivity contribution in [3.8, 4) is 0 Å². The number of amides is 2. The first-order valence-corrected chi connectivity index (χ1v) is 7.53. The van der Waals surface area contributed by atoms with Gasteiger partial charge in [0.1, 0.15) is 11.6 Å². The van der Waals surface area contributed by atoms with Crippen molar-refractivity contribution in [1.29, 1.82) is 0 Å². The lowest BCUT2D eigenvalue weighted by molar-refractivity contribution is -0.137. The molecule has 1 fully saturated rings. The molecule has 0 radical (unpaired) electrons. The van der Waals surface area contributed by atoms with Gasteiger partial charge < -0.3 is 5.32 Å². The maximum atomic E-state index is 12.7. The number of hydrogen-bond acceptors (Lipinski definition) is 2. The van der Waals surface area contributed by atoms with E-state index in [0.29, 0.717) is 12.3 Å². The highest BCUT2D eigenvalue weighted by molar-refractivity contribution is 6.10. The predicted molar refractivity (Wildman–Crippen MR) is 84.3 cm³/mol. The molecule has 2 rings (SSSR count). The summed E-state index contributed by atoms with van der Waals surface area (Å²) >= 11 is 0. The summed E-state index contributed by atoms with van der Waals surface area (Å²) in [4.78, 5) is 26.6. The Morgan fingerprint density at radius 1 is 1.19 bits per heavy atom. The topological polar surface area (TPSA) is 49.4 Å². The van der Waals surface area contributed by atoms with E-state index < -0.39 is 11.6 Å². The molecule has 1 unspecified atom stereocenters. The Kier molecular flexibility index (Phi) is 4.08. The van der Waals surface area contributed by atoms with Crippen LogP contribution in [0, 0.1) is 0 Å². The molecular formula is C17H24N2O2. The van der Waals surface area contributed by atoms with Gasteiger partial charge in [-0.05, 0) is 43.9 Å². The Labute approximate surface area is 126 Å². The SMILES string of the molecule is CCC1C(=O)NC(C)(C)C(=O)N1c1ccc(C(C)C)cc1. The van der Waals surface area contributed by atoms with Crippen molar-refractivity contribution < 1.29 is 9.59 Å². The van der Waals surface area contributed by atoms with Crippen LogP contribution in [0.4, 0.5) is 5.69 Å². The number of hydrogen-bond donors (Lipinski definition) is 1. The fourth-order valence-corrected chi connectivity index (χ4v) is 2.69. The number of nitrogens with zero attached hydrogens (tertiary/aromatic N) is 1. The zero-order chi connectivity index (χ0) is 15.8. The van der Waals surface area contributed by atoms with Crippen molar-refractivity contribution in [2.24, 2.45) is 0 Å². The van der Waals surface area contributed by atoms with Crippen LogP contribution in [0.2, 0.25) is 0 Å². The molecule has 0 aliphatic carbocycles. The Balaban J connectivity index is 2.41. The molecule has 2 amide bonds. The summed E-state index contributed by atoms with van der Waals surface area (Å²) in [5.74, 6) is 0.291. The van der Waals surface area contributed by atoms with Gasteiger partial charge in [-0.2, -0.15) is 0 Å². The van der Waals surface area contributed by atoms with Gasteiger partial charge in [-0.15, -0.1) is 0 Å². The third-order valence-electron chi connectivity index (χ3n) is 4.03. The van der Waals surface area contributed by atoms with Crippen LogP contribution in [0.1, 0.15) is 52.5 Å². The van der Waals surface area contributed by atoms with E-state index in [1.165, 1.54) is 5.56 Å². The van der Waals surface area contributed by atoms with E-state index in [2.05, 4.69) is 19.2 Å². The average Bonchev–Trinajstić information content (AvgIpc) is 2.42. The second-order valence-corrected chi connectivity index (χ2v) is 6.46. The van der Waals surface area contributed by atoms with Crippen LogP contribution in [0.25, 0.3) is 0 Å². The fraction of sp³-hybridized carbons (Fsp3) is 0.529. The molecule has 1 aromatic rings. The van der Waals surface area contributed by atoms with Gasteiger partial charge in [0.25, 0.3) is 5.91 Å². The zero-order valence-corrected chi connectivity index (χ0v) is 13.4. The first-order valence-electron chi connectivity index (χ1n) is 7.53. The predicted octanol–water partition coefficient (Wildman–Crippen LogP) is 2.83. The van der Waals surface area contributed by atoms with Crippen LogP contribution in [0.15, 0.2) is 24.3 Å². The van der Waals surface area contributed by atoms with Crippen LogP contribution in [-0.2, 0) is 9.59 Å². The lowest BCUT2D eigenvalue weighted by atomic mass is 9.94. The molecule has 4 nitrogen and oxygen atoms in total. The van der Waals surface area contributed by atoms with Gasteiger partial charge in [-0.25, -0.2) is 0 Å². The molecule has 1 N–H and O–H groups in total. The van der Waals surface area contributed by atoms with Crippen molar-refractivity contribution in [1.82, 2.24) is 5.32 Å². The standard InChI is InChI=1S/C17H24N2O2/c1-6-14-15(20)18-17(4,5)16(21)19(14)13-9-7-12(8-10-13)11(2)3/h7-11,14H,6H2,1-5H3,(H,18,20). The van der Waals surface area contributed by atoms with Gasteiger partial charge in [0, 0.05) is 5.69 Å². The van der Waals surface area contributed by atoms with Crippen LogP contribution in [0.5, 0.6) is 0 Å². The van der Waals surface area contributed by atoms with Crippen LogP contribution in [0.3, 0.4) is 0 Å². The molecule has 0 bridgehead atoms. The number of benzene rings is 1. The maximum Gasteiger partial charge on any atom is 0.252 e. The number of anilines is 1. The summed E-state index contributed by atoms with van der Waals surface area (Å²) in [7, 11) is 0. The normalized spacial score (nSPS) is 21.6. The fourth-order valence-electron chi connectivity index (χ4n) is 2.69. The monoisotopic (exact) mass is 288 g/mol. The largest absolute Gasteiger partial charge is 0.340 e. The van der Waals surface area contributed by atoms with Gasteiger partial charge >= 0.3 is 0 Å². The zero-order valence-electron chi connectivity index (χ0n) is 13.4. The Bertz CT molecular complexity index is 546. The summed E-state index contributed by atoms with van der Waals surface area (Å²) in [6, 6.07) is 7.49. The lowest BCUT2D eigenvalue weighted by Gasteiger charge is -2.42. The lowest BCUT2D eigenvalue weighted by Crippen LogP contribution is -2.68. The molecule has 114 valence electrons. The van der Waals surface area contributed by atoms with Crippen LogP contribution in [-0.4, -0.2) is 23.4 Å². The highest BCUT2D eigenvalue weighted by Gasteiger charge is 2.45. The third kappa shape index (κ3) is 2.80. The molecule has 1 aromatic carbocycles. The summed E-state index contributed by atoms with van der Waals surface area (Å²) in [5, 5.41) is 2.81. The summed E-state index contributed by atoms with van der Waals surface area (Å²) < 4.78 is 0. The molecule has 1 aliphatic heterocycles. The van der Waals surface area contributed by atoms with Crippen molar-refractivity contribution in [2.45, 2.75) is 58.5 Å². The first kappa shape index (κ1) is 15.5. The number of rotatable bonds is 3. The molecule has 4 heteroatoms. The van der Waals surface area contributed by atoms with Crippen molar-refractivity contribution >= 4 is 17.5 Å². The molecule has 1 heterocycles. The molecular weight excluding hydrogens is 264 g/mol. The summed E-state index contributed by atoms with van der Waals surface area (Å²) in [5.41, 5.74) is 1.15.